The number of halogens is 1. The zero-order chi connectivity index (χ0) is 14.7. The molecule has 3 aromatic carbocycles. The molecule has 0 saturated carbocycles. The molecule has 0 aliphatic rings. The van der Waals surface area contributed by atoms with E-state index in [9.17, 15) is 0 Å². The fourth-order valence-electron chi connectivity index (χ4n) is 3.31. The Hall–Kier alpha value is -2.58. The summed E-state index contributed by atoms with van der Waals surface area (Å²) in [4.78, 5) is 4.84. The molecule has 0 amide bonds. The number of aromatic nitrogens is 2. The predicted octanol–water partition coefficient (Wildman–Crippen LogP) is 5.45. The fraction of sp³-hybridized carbons (Fsp3) is 0. The van der Waals surface area contributed by atoms with E-state index in [1.807, 2.05) is 42.5 Å². The lowest BCUT2D eigenvalue weighted by Crippen LogP contribution is -1.91. The van der Waals surface area contributed by atoms with Crippen LogP contribution in [0.4, 0.5) is 0 Å². The van der Waals surface area contributed by atoms with Crippen LogP contribution in [0.3, 0.4) is 0 Å². The van der Waals surface area contributed by atoms with Crippen molar-refractivity contribution in [1.29, 1.82) is 0 Å². The maximum Gasteiger partial charge on any atom is 0.146 e. The Balaban J connectivity index is 2.26. The Bertz CT molecular complexity index is 1190. The van der Waals surface area contributed by atoms with E-state index < -0.39 is 0 Å². The van der Waals surface area contributed by atoms with Gasteiger partial charge in [0.15, 0.2) is 0 Å². The van der Waals surface area contributed by atoms with Gasteiger partial charge in [-0.25, -0.2) is 4.98 Å². The molecule has 0 aliphatic carbocycles. The van der Waals surface area contributed by atoms with Gasteiger partial charge >= 0.3 is 0 Å². The van der Waals surface area contributed by atoms with Crippen molar-refractivity contribution in [3.8, 4) is 0 Å². The first-order chi connectivity index (χ1) is 10.8. The zero-order valence-electron chi connectivity index (χ0n) is 11.6. The first-order valence-electron chi connectivity index (χ1n) is 7.21. The highest BCUT2D eigenvalue weighted by Crippen LogP contribution is 2.35. The fourth-order valence-corrected chi connectivity index (χ4v) is 3.58. The maximum absolute atomic E-state index is 6.52. The summed E-state index contributed by atoms with van der Waals surface area (Å²) in [5, 5.41) is 4.12. The lowest BCUT2D eigenvalue weighted by molar-refractivity contribution is 1.31. The monoisotopic (exact) mass is 302 g/mol. The number of fused-ring (bicyclic) bond motifs is 8. The molecule has 2 heterocycles. The summed E-state index contributed by atoms with van der Waals surface area (Å²) >= 11 is 6.52. The Morgan fingerprint density at radius 2 is 1.45 bits per heavy atom. The molecule has 0 atom stereocenters. The van der Waals surface area contributed by atoms with Crippen LogP contribution in [0.5, 0.6) is 0 Å². The van der Waals surface area contributed by atoms with Crippen LogP contribution in [0.2, 0.25) is 5.02 Å². The number of hydrogen-bond donors (Lipinski definition) is 0. The molecular weight excluding hydrogens is 292 g/mol. The van der Waals surface area contributed by atoms with Gasteiger partial charge in [0.2, 0.25) is 0 Å². The molecule has 0 aliphatic heterocycles. The van der Waals surface area contributed by atoms with E-state index in [-0.39, 0.29) is 0 Å². The highest BCUT2D eigenvalue weighted by molar-refractivity contribution is 6.38. The second-order valence-corrected chi connectivity index (χ2v) is 5.85. The van der Waals surface area contributed by atoms with E-state index in [4.69, 9.17) is 16.6 Å². The van der Waals surface area contributed by atoms with Crippen LogP contribution < -0.4 is 0 Å². The molecule has 5 rings (SSSR count). The highest BCUT2D eigenvalue weighted by atomic mass is 35.5. The van der Waals surface area contributed by atoms with Crippen LogP contribution in [0, 0.1) is 0 Å². The van der Waals surface area contributed by atoms with E-state index in [0.29, 0.717) is 0 Å². The van der Waals surface area contributed by atoms with Gasteiger partial charge in [0, 0.05) is 10.8 Å². The molecule has 5 aromatic rings. The average molecular weight is 303 g/mol. The van der Waals surface area contributed by atoms with Crippen LogP contribution in [-0.2, 0) is 0 Å². The van der Waals surface area contributed by atoms with Crippen LogP contribution in [-0.4, -0.2) is 9.38 Å². The zero-order valence-corrected chi connectivity index (χ0v) is 12.4. The summed E-state index contributed by atoms with van der Waals surface area (Å²) in [6, 6.07) is 22.6. The van der Waals surface area contributed by atoms with Crippen molar-refractivity contribution in [3.63, 3.8) is 0 Å². The van der Waals surface area contributed by atoms with Crippen LogP contribution in [0.1, 0.15) is 0 Å². The summed E-state index contributed by atoms with van der Waals surface area (Å²) in [6.45, 7) is 0. The van der Waals surface area contributed by atoms with Gasteiger partial charge in [0.05, 0.1) is 21.6 Å². The Labute approximate surface area is 131 Å². The number of rotatable bonds is 0. The summed E-state index contributed by atoms with van der Waals surface area (Å²) in [6.07, 6.45) is 0. The lowest BCUT2D eigenvalue weighted by atomic mass is 10.1. The van der Waals surface area contributed by atoms with E-state index in [2.05, 4.69) is 28.7 Å². The standard InChI is InChI=1S/C19H11ClN2/c20-14-8-5-11-17-18(14)12-6-1-2-7-13(12)19-21-15-9-3-4-10-16(15)22(17)19/h1-11H. The third kappa shape index (κ3) is 1.42. The van der Waals surface area contributed by atoms with Gasteiger partial charge in [-0.3, -0.25) is 4.40 Å². The molecule has 0 saturated heterocycles. The lowest BCUT2D eigenvalue weighted by Gasteiger charge is -2.09. The van der Waals surface area contributed by atoms with Crippen molar-refractivity contribution in [1.82, 2.24) is 9.38 Å². The molecule has 2 nitrogen and oxygen atoms in total. The number of hydrogen-bond acceptors (Lipinski definition) is 1. The summed E-state index contributed by atoms with van der Waals surface area (Å²) in [7, 11) is 0. The van der Waals surface area contributed by atoms with E-state index >= 15 is 0 Å². The predicted molar refractivity (Wildman–Crippen MR) is 92.7 cm³/mol. The molecule has 0 spiro atoms. The van der Waals surface area contributed by atoms with E-state index in [0.717, 1.165) is 43.4 Å². The van der Waals surface area contributed by atoms with Crippen molar-refractivity contribution in [3.05, 3.63) is 71.8 Å². The minimum atomic E-state index is 0.772. The second kappa shape index (κ2) is 4.21. The third-order valence-corrected chi connectivity index (χ3v) is 4.55. The molecule has 22 heavy (non-hydrogen) atoms. The molecule has 3 heteroatoms. The number of pyridine rings is 1. The summed E-state index contributed by atoms with van der Waals surface area (Å²) in [5.74, 6) is 0. The second-order valence-electron chi connectivity index (χ2n) is 5.44. The number of para-hydroxylation sites is 2. The number of imidazole rings is 1. The molecule has 0 unspecified atom stereocenters. The smallest absolute Gasteiger partial charge is 0.146 e. The third-order valence-electron chi connectivity index (χ3n) is 4.23. The van der Waals surface area contributed by atoms with Crippen molar-refractivity contribution in [2.24, 2.45) is 0 Å². The van der Waals surface area contributed by atoms with Crippen LogP contribution in [0.15, 0.2) is 66.7 Å². The van der Waals surface area contributed by atoms with Crippen molar-refractivity contribution in [2.45, 2.75) is 0 Å². The molecule has 2 aromatic heterocycles. The van der Waals surface area contributed by atoms with Crippen molar-refractivity contribution in [2.75, 3.05) is 0 Å². The van der Waals surface area contributed by atoms with Gasteiger partial charge in [-0.2, -0.15) is 0 Å². The molecule has 0 radical (unpaired) electrons. The quantitative estimate of drug-likeness (QED) is 0.348. The Morgan fingerprint density at radius 1 is 0.727 bits per heavy atom. The number of benzene rings is 3. The molecule has 0 bridgehead atoms. The summed E-state index contributed by atoms with van der Waals surface area (Å²) in [5.41, 5.74) is 4.18. The van der Waals surface area contributed by atoms with Crippen LogP contribution >= 0.6 is 11.6 Å². The average Bonchev–Trinajstić information content (AvgIpc) is 2.95. The van der Waals surface area contributed by atoms with Gasteiger partial charge in [-0.05, 0) is 29.7 Å². The van der Waals surface area contributed by atoms with Gasteiger partial charge in [-0.15, -0.1) is 0 Å². The highest BCUT2D eigenvalue weighted by Gasteiger charge is 2.14. The molecule has 0 N–H and O–H groups in total. The van der Waals surface area contributed by atoms with Crippen molar-refractivity contribution >= 4 is 50.0 Å². The van der Waals surface area contributed by atoms with Crippen molar-refractivity contribution < 1.29 is 0 Å². The minimum absolute atomic E-state index is 0.772. The molecule has 0 fully saturated rings. The van der Waals surface area contributed by atoms with Crippen LogP contribution in [0.25, 0.3) is 38.4 Å². The van der Waals surface area contributed by atoms with E-state index in [1.54, 1.807) is 0 Å². The van der Waals surface area contributed by atoms with Gasteiger partial charge in [0.25, 0.3) is 0 Å². The molecule has 104 valence electrons. The molecular formula is C19H11ClN2. The van der Waals surface area contributed by atoms with Gasteiger partial charge in [-0.1, -0.05) is 54.1 Å². The largest absolute Gasteiger partial charge is 0.292 e. The number of nitrogens with zero attached hydrogens (tertiary/aromatic N) is 2. The van der Waals surface area contributed by atoms with E-state index in [1.165, 1.54) is 0 Å². The first-order valence-corrected chi connectivity index (χ1v) is 7.58. The van der Waals surface area contributed by atoms with Gasteiger partial charge < -0.3 is 0 Å². The Morgan fingerprint density at radius 3 is 2.36 bits per heavy atom. The summed E-state index contributed by atoms with van der Waals surface area (Å²) < 4.78 is 2.21. The first kappa shape index (κ1) is 12.0. The normalized spacial score (nSPS) is 11.9. The van der Waals surface area contributed by atoms with Gasteiger partial charge in [0.1, 0.15) is 5.65 Å². The Kier molecular flexibility index (Phi) is 2.30. The topological polar surface area (TPSA) is 17.3 Å². The minimum Gasteiger partial charge on any atom is -0.292 e. The maximum atomic E-state index is 6.52. The SMILES string of the molecule is Clc1cccc2c1c1ccccc1c1nc3ccccc3n21.